The molecule has 5 rings (SSSR count). The smallest absolute Gasteiger partial charge is 0.168 e. The molecule has 0 saturated heterocycles. The van der Waals surface area contributed by atoms with E-state index in [4.69, 9.17) is 42.3 Å². The maximum atomic E-state index is 6.32. The molecule has 0 amide bonds. The van der Waals surface area contributed by atoms with Crippen LogP contribution >= 0.6 is 55.1 Å². The second-order valence-electron chi connectivity index (χ2n) is 7.27. The molecule has 0 aliphatic rings. The summed E-state index contributed by atoms with van der Waals surface area (Å²) >= 11 is 19.5. The van der Waals surface area contributed by atoms with Crippen molar-refractivity contribution >= 4 is 72.7 Å². The molecule has 3 heterocycles. The van der Waals surface area contributed by atoms with Crippen molar-refractivity contribution in [2.24, 2.45) is 4.99 Å². The maximum absolute atomic E-state index is 6.32. The number of ether oxygens (including phenoxy) is 1. The molecule has 9 heteroatoms. The van der Waals surface area contributed by atoms with Crippen LogP contribution in [0.3, 0.4) is 0 Å². The number of aromatic nitrogens is 2. The summed E-state index contributed by atoms with van der Waals surface area (Å²) in [5.41, 5.74) is 3.01. The number of hydrogen-bond donors (Lipinski definition) is 0. The van der Waals surface area contributed by atoms with E-state index >= 15 is 0 Å². The predicted molar refractivity (Wildman–Crippen MR) is 143 cm³/mol. The summed E-state index contributed by atoms with van der Waals surface area (Å²) in [5.74, 6) is 1.91. The van der Waals surface area contributed by atoms with Gasteiger partial charge < -0.3 is 9.15 Å². The molecule has 170 valence electrons. The molecule has 5 nitrogen and oxygen atoms in total. The van der Waals surface area contributed by atoms with Gasteiger partial charge in [0.15, 0.2) is 17.3 Å². The van der Waals surface area contributed by atoms with Gasteiger partial charge in [0.05, 0.1) is 6.26 Å². The van der Waals surface area contributed by atoms with Gasteiger partial charge in [-0.25, -0.2) is 9.98 Å². The molecule has 3 aromatic heterocycles. The first-order chi connectivity index (χ1) is 16.5. The van der Waals surface area contributed by atoms with Crippen molar-refractivity contribution in [2.75, 3.05) is 0 Å². The van der Waals surface area contributed by atoms with E-state index in [1.807, 2.05) is 59.1 Å². The van der Waals surface area contributed by atoms with Crippen LogP contribution in [0.2, 0.25) is 10.0 Å². The Morgan fingerprint density at radius 2 is 1.94 bits per heavy atom. The molecule has 5 aromatic rings. The fourth-order valence-corrected chi connectivity index (χ4v) is 5.16. The fraction of sp³-hybridized carbons (Fsp3) is 0.0400. The Kier molecular flexibility index (Phi) is 6.79. The second-order valence-corrected chi connectivity index (χ2v) is 9.89. The van der Waals surface area contributed by atoms with Crippen LogP contribution in [0, 0.1) is 0 Å². The van der Waals surface area contributed by atoms with Crippen LogP contribution < -0.4 is 4.74 Å². The van der Waals surface area contributed by atoms with Gasteiger partial charge >= 0.3 is 0 Å². The minimum absolute atomic E-state index is 0.271. The number of furan rings is 1. The van der Waals surface area contributed by atoms with E-state index < -0.39 is 0 Å². The third-order valence-electron chi connectivity index (χ3n) is 5.03. The summed E-state index contributed by atoms with van der Waals surface area (Å²) in [4.78, 5) is 9.50. The molecule has 0 saturated carbocycles. The standard InChI is InChI=1S/C25H15Br2Cl2N3O2/c26-16-10-19(27)18(22(11-16)34-14-15-6-7-17(28)12-20(15)29)13-30-25-24(21-4-3-9-33-21)31-23-5-1-2-8-32(23)25/h1-13H,14H2/b30-13+. The van der Waals surface area contributed by atoms with Gasteiger partial charge in [-0.05, 0) is 64.5 Å². The largest absolute Gasteiger partial charge is 0.488 e. The van der Waals surface area contributed by atoms with Crippen molar-refractivity contribution in [3.63, 3.8) is 0 Å². The Balaban J connectivity index is 1.53. The molecule has 0 spiro atoms. The number of fused-ring (bicyclic) bond motifs is 1. The van der Waals surface area contributed by atoms with Gasteiger partial charge in [0.25, 0.3) is 0 Å². The molecular formula is C25H15Br2Cl2N3O2. The van der Waals surface area contributed by atoms with Gasteiger partial charge in [-0.3, -0.25) is 4.40 Å². The molecular weight excluding hydrogens is 605 g/mol. The highest BCUT2D eigenvalue weighted by Gasteiger charge is 2.16. The first-order valence-electron chi connectivity index (χ1n) is 10.1. The topological polar surface area (TPSA) is 52.0 Å². The summed E-state index contributed by atoms with van der Waals surface area (Å²) in [5, 5.41) is 1.12. The van der Waals surface area contributed by atoms with E-state index in [0.717, 1.165) is 25.7 Å². The number of pyridine rings is 1. The van der Waals surface area contributed by atoms with Crippen molar-refractivity contribution < 1.29 is 9.15 Å². The second kappa shape index (κ2) is 9.96. The van der Waals surface area contributed by atoms with Crippen molar-refractivity contribution in [3.05, 3.63) is 103 Å². The van der Waals surface area contributed by atoms with Crippen molar-refractivity contribution in [2.45, 2.75) is 6.61 Å². The van der Waals surface area contributed by atoms with Gasteiger partial charge in [0.2, 0.25) is 0 Å². The Bertz CT molecular complexity index is 1510. The van der Waals surface area contributed by atoms with E-state index in [-0.39, 0.29) is 6.61 Å². The lowest BCUT2D eigenvalue weighted by Crippen LogP contribution is -2.00. The van der Waals surface area contributed by atoms with E-state index in [1.165, 1.54) is 0 Å². The zero-order valence-electron chi connectivity index (χ0n) is 17.4. The predicted octanol–water partition coefficient (Wildman–Crippen LogP) is 8.76. The van der Waals surface area contributed by atoms with Gasteiger partial charge in [-0.15, -0.1) is 0 Å². The number of nitrogens with zero attached hydrogens (tertiary/aromatic N) is 3. The van der Waals surface area contributed by atoms with Crippen LogP contribution in [-0.4, -0.2) is 15.6 Å². The third kappa shape index (κ3) is 4.79. The lowest BCUT2D eigenvalue weighted by Gasteiger charge is -2.12. The first-order valence-corrected chi connectivity index (χ1v) is 12.4. The van der Waals surface area contributed by atoms with Crippen molar-refractivity contribution in [3.8, 4) is 17.2 Å². The summed E-state index contributed by atoms with van der Waals surface area (Å²) in [6.45, 7) is 0.271. The Morgan fingerprint density at radius 1 is 1.06 bits per heavy atom. The maximum Gasteiger partial charge on any atom is 0.168 e. The highest BCUT2D eigenvalue weighted by atomic mass is 79.9. The molecule has 0 fully saturated rings. The van der Waals surface area contributed by atoms with Crippen LogP contribution in [0.5, 0.6) is 5.75 Å². The average molecular weight is 620 g/mol. The van der Waals surface area contributed by atoms with E-state index in [1.54, 1.807) is 24.6 Å². The number of hydrogen-bond acceptors (Lipinski definition) is 4. The molecule has 0 N–H and O–H groups in total. The van der Waals surface area contributed by atoms with Crippen molar-refractivity contribution in [1.82, 2.24) is 9.38 Å². The minimum Gasteiger partial charge on any atom is -0.488 e. The monoisotopic (exact) mass is 617 g/mol. The lowest BCUT2D eigenvalue weighted by molar-refractivity contribution is 0.305. The number of rotatable bonds is 6. The van der Waals surface area contributed by atoms with E-state index in [2.05, 4.69) is 31.9 Å². The summed E-state index contributed by atoms with van der Waals surface area (Å²) < 4.78 is 15.3. The van der Waals surface area contributed by atoms with Gasteiger partial charge in [0, 0.05) is 42.5 Å². The molecule has 0 atom stereocenters. The van der Waals surface area contributed by atoms with Gasteiger partial charge in [-0.1, -0.05) is 51.3 Å². The van der Waals surface area contributed by atoms with E-state index in [0.29, 0.717) is 33.1 Å². The molecule has 0 aliphatic carbocycles. The normalized spacial score (nSPS) is 11.5. The average Bonchev–Trinajstić information content (AvgIpc) is 3.46. The summed E-state index contributed by atoms with van der Waals surface area (Å²) in [6, 6.07) is 18.6. The molecule has 2 aromatic carbocycles. The third-order valence-corrected chi connectivity index (χ3v) is 6.73. The molecule has 34 heavy (non-hydrogen) atoms. The quantitative estimate of drug-likeness (QED) is 0.179. The lowest BCUT2D eigenvalue weighted by atomic mass is 10.2. The van der Waals surface area contributed by atoms with Crippen LogP contribution in [-0.2, 0) is 6.61 Å². The number of halogens is 4. The summed E-state index contributed by atoms with van der Waals surface area (Å²) in [7, 11) is 0. The van der Waals surface area contributed by atoms with Crippen LogP contribution in [0.25, 0.3) is 17.1 Å². The zero-order valence-corrected chi connectivity index (χ0v) is 22.1. The molecule has 0 bridgehead atoms. The fourth-order valence-electron chi connectivity index (χ4n) is 3.41. The van der Waals surface area contributed by atoms with E-state index in [9.17, 15) is 0 Å². The number of imidazole rings is 1. The summed E-state index contributed by atoms with van der Waals surface area (Å²) in [6.07, 6.45) is 5.28. The van der Waals surface area contributed by atoms with Gasteiger partial charge in [-0.2, -0.15) is 0 Å². The highest BCUT2D eigenvalue weighted by Crippen LogP contribution is 2.34. The SMILES string of the molecule is Clc1ccc(COc2cc(Br)cc(Br)c2/C=N/c2c(-c3ccco3)nc3ccccn23)c(Cl)c1. The van der Waals surface area contributed by atoms with Crippen LogP contribution in [0.4, 0.5) is 5.82 Å². The highest BCUT2D eigenvalue weighted by molar-refractivity contribution is 9.11. The minimum atomic E-state index is 0.271. The van der Waals surface area contributed by atoms with Crippen molar-refractivity contribution in [1.29, 1.82) is 0 Å². The zero-order chi connectivity index (χ0) is 23.7. The Labute approximate surface area is 222 Å². The molecule has 0 radical (unpaired) electrons. The van der Waals surface area contributed by atoms with Gasteiger partial charge in [0.1, 0.15) is 18.0 Å². The Morgan fingerprint density at radius 3 is 2.74 bits per heavy atom. The number of benzene rings is 2. The molecule has 0 unspecified atom stereocenters. The van der Waals surface area contributed by atoms with Crippen LogP contribution in [0.1, 0.15) is 11.1 Å². The Hall–Kier alpha value is -2.58. The number of aliphatic imine (C=N–C) groups is 1. The molecule has 0 aliphatic heterocycles. The first kappa shape index (κ1) is 23.2. The van der Waals surface area contributed by atoms with Crippen LogP contribution in [0.15, 0.2) is 91.5 Å².